The number of rotatable bonds is 5. The third kappa shape index (κ3) is 9.23. The highest BCUT2D eigenvalue weighted by Gasteiger charge is 2.24. The number of aromatic hydroxyl groups is 2. The summed E-state index contributed by atoms with van der Waals surface area (Å²) in [5.74, 6) is -1.30. The predicted octanol–water partition coefficient (Wildman–Crippen LogP) is 3.54. The van der Waals surface area contributed by atoms with Crippen molar-refractivity contribution < 1.29 is 62.1 Å². The molecule has 0 aliphatic rings. The second-order valence-electron chi connectivity index (χ2n) is 10.2. The Bertz CT molecular complexity index is 2580. The fourth-order valence-corrected chi connectivity index (χ4v) is 7.36. The Balaban J connectivity index is 0.000000218. The van der Waals surface area contributed by atoms with E-state index in [0.29, 0.717) is 6.07 Å². The fourth-order valence-electron chi connectivity index (χ4n) is 4.37. The van der Waals surface area contributed by atoms with E-state index in [1.807, 2.05) is 0 Å². The van der Waals surface area contributed by atoms with Crippen LogP contribution < -0.4 is 17.2 Å². The lowest BCUT2D eigenvalue weighted by Gasteiger charge is -2.12. The van der Waals surface area contributed by atoms with Crippen LogP contribution in [0.15, 0.2) is 91.2 Å². The number of hydrogen-bond acceptors (Lipinski definition) is 14. The average molecular weight is 792 g/mol. The van der Waals surface area contributed by atoms with Crippen LogP contribution in [0, 0.1) is 6.92 Å². The zero-order chi connectivity index (χ0) is 38.1. The Morgan fingerprint density at radius 2 is 1.06 bits per heavy atom. The molecule has 5 rings (SSSR count). The van der Waals surface area contributed by atoms with Crippen molar-refractivity contribution in [3.63, 3.8) is 0 Å². The molecule has 0 spiro atoms. The zero-order valence-corrected chi connectivity index (χ0v) is 29.7. The van der Waals surface area contributed by atoms with Gasteiger partial charge in [-0.1, -0.05) is 17.7 Å². The molecule has 50 heavy (non-hydrogen) atoms. The highest BCUT2D eigenvalue weighted by molar-refractivity contribution is 7.98. The smallest absolute Gasteiger partial charge is 0.297 e. The first-order chi connectivity index (χ1) is 22.8. The van der Waals surface area contributed by atoms with Crippen LogP contribution in [0.5, 0.6) is 11.5 Å². The summed E-state index contributed by atoms with van der Waals surface area (Å²) < 4.78 is 126. The summed E-state index contributed by atoms with van der Waals surface area (Å²) in [6.45, 7) is 2.10. The van der Waals surface area contributed by atoms with E-state index in [1.165, 1.54) is 16.5 Å². The van der Waals surface area contributed by atoms with Gasteiger partial charge >= 0.3 is 0 Å². The van der Waals surface area contributed by atoms with Crippen LogP contribution in [0.3, 0.4) is 0 Å². The van der Waals surface area contributed by atoms with Crippen molar-refractivity contribution in [1.29, 1.82) is 0 Å². The molecule has 0 aliphatic carbocycles. The molecule has 12 N–H and O–H groups in total. The van der Waals surface area contributed by atoms with Crippen LogP contribution in [0.1, 0.15) is 5.56 Å². The van der Waals surface area contributed by atoms with Crippen molar-refractivity contribution in [1.82, 2.24) is 0 Å². The van der Waals surface area contributed by atoms with Gasteiger partial charge in [-0.3, -0.25) is 18.2 Å². The largest absolute Gasteiger partial charge is 0.507 e. The lowest BCUT2D eigenvalue weighted by molar-refractivity contribution is 0.470. The van der Waals surface area contributed by atoms with Crippen LogP contribution >= 0.6 is 11.8 Å². The summed E-state index contributed by atoms with van der Waals surface area (Å²) in [5.41, 5.74) is 17.1. The van der Waals surface area contributed by atoms with Crippen LogP contribution in [0.25, 0.3) is 21.5 Å². The molecular formula is C28H29N3O14S5. The summed E-state index contributed by atoms with van der Waals surface area (Å²) >= 11 is 1.78. The van der Waals surface area contributed by atoms with E-state index in [-0.39, 0.29) is 33.2 Å². The van der Waals surface area contributed by atoms with Gasteiger partial charge < -0.3 is 27.4 Å². The first-order valence-corrected chi connectivity index (χ1v) is 20.2. The topological polar surface area (TPSA) is 336 Å². The number of benzene rings is 5. The minimum absolute atomic E-state index is 0.0424. The molecule has 0 saturated carbocycles. The Hall–Kier alpha value is -4.39. The molecule has 5 aromatic carbocycles. The standard InChI is InChI=1S/C10H10N2O7S2.C10H9NO7S2.C8H10S/c11-6-3-8(21(17,18)19)5-1-4(20(14,15)16)2-7(13)9(5)10(6)12;11-8-2-1-6-7(10(8)20(16,17)18)3-5(4-9(6)12)19(13,14)15;1-7-3-5-8(9-2)6-4-7/h1-3,13H,11-12H2,(H,14,15,16)(H,17,18,19);1-4,12H,11H2,(H,13,14,15)(H,16,17,18);3-6H,1-2H3. The first-order valence-electron chi connectivity index (χ1n) is 13.2. The number of phenolic OH excluding ortho intramolecular Hbond substituents is 2. The quantitative estimate of drug-likeness (QED) is 0.0698. The van der Waals surface area contributed by atoms with Gasteiger partial charge in [0.15, 0.2) is 0 Å². The average Bonchev–Trinajstić information content (AvgIpc) is 2.97. The van der Waals surface area contributed by atoms with E-state index < -0.39 is 76.9 Å². The molecule has 0 bridgehead atoms. The second-order valence-corrected chi connectivity index (χ2v) is 16.7. The maximum absolute atomic E-state index is 11.3. The molecule has 0 fully saturated rings. The summed E-state index contributed by atoms with van der Waals surface area (Å²) in [4.78, 5) is -1.64. The van der Waals surface area contributed by atoms with Gasteiger partial charge in [-0.25, -0.2) is 0 Å². The van der Waals surface area contributed by atoms with E-state index in [9.17, 15) is 43.9 Å². The summed E-state index contributed by atoms with van der Waals surface area (Å²) in [6.07, 6.45) is 2.09. The monoisotopic (exact) mass is 791 g/mol. The summed E-state index contributed by atoms with van der Waals surface area (Å²) in [5, 5.41) is 18.5. The number of thioether (sulfide) groups is 1. The Morgan fingerprint density at radius 3 is 1.52 bits per heavy atom. The van der Waals surface area contributed by atoms with Crippen LogP contribution in [-0.2, 0) is 40.5 Å². The first kappa shape index (κ1) is 40.0. The zero-order valence-electron chi connectivity index (χ0n) is 25.6. The highest BCUT2D eigenvalue weighted by Crippen LogP contribution is 2.40. The lowest BCUT2D eigenvalue weighted by atomic mass is 10.1. The van der Waals surface area contributed by atoms with Gasteiger partial charge in [0.05, 0.1) is 32.2 Å². The molecule has 0 saturated heterocycles. The van der Waals surface area contributed by atoms with Gasteiger partial charge in [0.25, 0.3) is 40.5 Å². The number of nitrogens with two attached hydrogens (primary N) is 3. The molecule has 270 valence electrons. The van der Waals surface area contributed by atoms with Crippen LogP contribution in [0.4, 0.5) is 17.1 Å². The van der Waals surface area contributed by atoms with Gasteiger partial charge in [-0.05, 0) is 55.6 Å². The molecule has 0 radical (unpaired) electrons. The predicted molar refractivity (Wildman–Crippen MR) is 187 cm³/mol. The minimum Gasteiger partial charge on any atom is -0.507 e. The SMILES string of the molecule is CSc1ccc(C)cc1.Nc1cc(S(=O)(=O)O)c2cc(S(=O)(=O)O)cc(O)c2c1N.Nc1ccc2c(O)cc(S(=O)(=O)O)cc2c1S(=O)(=O)O. The van der Waals surface area contributed by atoms with Crippen molar-refractivity contribution in [3.05, 3.63) is 72.3 Å². The van der Waals surface area contributed by atoms with Gasteiger partial charge in [0.2, 0.25) is 0 Å². The van der Waals surface area contributed by atoms with Crippen LogP contribution in [0.2, 0.25) is 0 Å². The minimum atomic E-state index is -4.77. The highest BCUT2D eigenvalue weighted by atomic mass is 32.2. The maximum Gasteiger partial charge on any atom is 0.297 e. The number of anilines is 3. The van der Waals surface area contributed by atoms with Crippen LogP contribution in [-0.4, -0.2) is 68.4 Å². The number of phenols is 2. The molecule has 0 amide bonds. The number of hydrogen-bond donors (Lipinski definition) is 9. The molecule has 0 aliphatic heterocycles. The van der Waals surface area contributed by atoms with Crippen molar-refractivity contribution >= 4 is 90.8 Å². The summed E-state index contributed by atoms with van der Waals surface area (Å²) in [6, 6.07) is 14.7. The van der Waals surface area contributed by atoms with Crippen molar-refractivity contribution in [3.8, 4) is 11.5 Å². The molecule has 17 nitrogen and oxygen atoms in total. The molecule has 0 aromatic heterocycles. The van der Waals surface area contributed by atoms with Crippen molar-refractivity contribution in [2.45, 2.75) is 31.4 Å². The number of nitrogen functional groups attached to an aromatic ring is 3. The van der Waals surface area contributed by atoms with Gasteiger partial charge in [-0.15, -0.1) is 11.8 Å². The lowest BCUT2D eigenvalue weighted by Crippen LogP contribution is -2.05. The van der Waals surface area contributed by atoms with Crippen molar-refractivity contribution in [2.75, 3.05) is 23.5 Å². The third-order valence-corrected chi connectivity index (χ3v) is 11.0. The Labute approximate surface area is 290 Å². The molecule has 0 heterocycles. The third-order valence-electron chi connectivity index (χ3n) is 6.68. The van der Waals surface area contributed by atoms with E-state index >= 15 is 0 Å². The Morgan fingerprint density at radius 1 is 0.560 bits per heavy atom. The second kappa shape index (κ2) is 14.5. The molecule has 0 atom stereocenters. The van der Waals surface area contributed by atoms with Crippen molar-refractivity contribution in [2.24, 2.45) is 0 Å². The maximum atomic E-state index is 11.3. The molecule has 22 heteroatoms. The number of fused-ring (bicyclic) bond motifs is 2. The van der Waals surface area contributed by atoms with Gasteiger partial charge in [0.1, 0.15) is 21.3 Å². The normalized spacial score (nSPS) is 12.1. The van der Waals surface area contributed by atoms with Gasteiger partial charge in [-0.2, -0.15) is 33.7 Å². The fraction of sp³-hybridized carbons (Fsp3) is 0.0714. The molecular weight excluding hydrogens is 763 g/mol. The molecule has 0 unspecified atom stereocenters. The summed E-state index contributed by atoms with van der Waals surface area (Å²) in [7, 11) is -18.9. The van der Waals surface area contributed by atoms with E-state index in [2.05, 4.69) is 37.4 Å². The van der Waals surface area contributed by atoms with Gasteiger partial charge in [0, 0.05) is 33.2 Å². The van der Waals surface area contributed by atoms with E-state index in [1.54, 1.807) is 11.8 Å². The number of aryl methyl sites for hydroxylation is 1. The van der Waals surface area contributed by atoms with E-state index in [4.69, 9.17) is 35.4 Å². The molecule has 5 aromatic rings. The Kier molecular flexibility index (Phi) is 11.6. The van der Waals surface area contributed by atoms with E-state index in [0.717, 1.165) is 30.3 Å².